The summed E-state index contributed by atoms with van der Waals surface area (Å²) in [5.74, 6) is -1.47. The average molecular weight is 279 g/mol. The van der Waals surface area contributed by atoms with Crippen LogP contribution in [-0.4, -0.2) is 38.5 Å². The molecule has 1 aromatic rings. The number of hydrogen-bond acceptors (Lipinski definition) is 4. The molecule has 0 radical (unpaired) electrons. The molecule has 0 saturated carbocycles. The maximum Gasteiger partial charge on any atom is 0.324 e. The minimum absolute atomic E-state index is 0.00477. The number of halogens is 1. The molecule has 1 aromatic carbocycles. The second kappa shape index (κ2) is 5.48. The standard InChI is InChI=1S/C10H11ClO5S/c1-16-6-9(10(12)13)17(14,15)8-5-3-2-4-7(8)11/h2-5,9H,6H2,1H3,(H,12,13). The number of carboxylic acid groups (broad SMARTS) is 1. The molecular formula is C10H11ClO5S. The van der Waals surface area contributed by atoms with Gasteiger partial charge in [0.05, 0.1) is 16.5 Å². The van der Waals surface area contributed by atoms with Crippen molar-refractivity contribution in [1.82, 2.24) is 0 Å². The summed E-state index contributed by atoms with van der Waals surface area (Å²) in [5.41, 5.74) is 0. The number of carboxylic acids is 1. The Morgan fingerprint density at radius 2 is 2.06 bits per heavy atom. The van der Waals surface area contributed by atoms with Crippen LogP contribution < -0.4 is 0 Å². The molecule has 0 fully saturated rings. The fourth-order valence-corrected chi connectivity index (χ4v) is 3.23. The summed E-state index contributed by atoms with van der Waals surface area (Å²) in [7, 11) is -2.82. The molecule has 0 aliphatic heterocycles. The average Bonchev–Trinajstić information content (AvgIpc) is 2.25. The van der Waals surface area contributed by atoms with Crippen LogP contribution in [0, 0.1) is 0 Å². The Hall–Kier alpha value is -1.11. The van der Waals surface area contributed by atoms with Crippen molar-refractivity contribution in [2.45, 2.75) is 10.1 Å². The molecule has 0 spiro atoms. The van der Waals surface area contributed by atoms with Gasteiger partial charge in [0, 0.05) is 7.11 Å². The third-order valence-corrected chi connectivity index (χ3v) is 4.61. The van der Waals surface area contributed by atoms with Gasteiger partial charge >= 0.3 is 5.97 Å². The summed E-state index contributed by atoms with van der Waals surface area (Å²) in [4.78, 5) is 10.7. The molecule has 0 aliphatic rings. The van der Waals surface area contributed by atoms with Crippen LogP contribution in [0.15, 0.2) is 29.2 Å². The zero-order valence-corrected chi connectivity index (χ0v) is 10.5. The molecule has 94 valence electrons. The van der Waals surface area contributed by atoms with Gasteiger partial charge in [-0.2, -0.15) is 0 Å². The first-order chi connectivity index (χ1) is 7.91. The number of hydrogen-bond donors (Lipinski definition) is 1. The van der Waals surface area contributed by atoms with E-state index in [1.54, 1.807) is 6.07 Å². The van der Waals surface area contributed by atoms with Gasteiger partial charge in [-0.15, -0.1) is 0 Å². The van der Waals surface area contributed by atoms with Crippen LogP contribution in [0.4, 0.5) is 0 Å². The molecule has 1 N–H and O–H groups in total. The van der Waals surface area contributed by atoms with Crippen LogP contribution in [-0.2, 0) is 19.4 Å². The lowest BCUT2D eigenvalue weighted by molar-refractivity contribution is -0.137. The van der Waals surface area contributed by atoms with Gasteiger partial charge in [-0.3, -0.25) is 4.79 Å². The zero-order chi connectivity index (χ0) is 13.1. The first-order valence-corrected chi connectivity index (χ1v) is 6.54. The van der Waals surface area contributed by atoms with Crippen molar-refractivity contribution in [1.29, 1.82) is 0 Å². The summed E-state index contributed by atoms with van der Waals surface area (Å²) < 4.78 is 28.7. The summed E-state index contributed by atoms with van der Waals surface area (Å²) in [5, 5.41) is 7.23. The molecule has 17 heavy (non-hydrogen) atoms. The van der Waals surface area contributed by atoms with Crippen molar-refractivity contribution in [3.63, 3.8) is 0 Å². The molecule has 0 bridgehead atoms. The largest absolute Gasteiger partial charge is 0.480 e. The third-order valence-electron chi connectivity index (χ3n) is 2.11. The molecule has 1 atom stereocenters. The highest BCUT2D eigenvalue weighted by atomic mass is 35.5. The molecular weight excluding hydrogens is 268 g/mol. The van der Waals surface area contributed by atoms with Crippen LogP contribution in [0.1, 0.15) is 0 Å². The van der Waals surface area contributed by atoms with Gasteiger partial charge in [0.1, 0.15) is 0 Å². The van der Waals surface area contributed by atoms with Gasteiger partial charge in [-0.1, -0.05) is 23.7 Å². The molecule has 1 rings (SSSR count). The van der Waals surface area contributed by atoms with Gasteiger partial charge in [-0.25, -0.2) is 8.42 Å². The van der Waals surface area contributed by atoms with Crippen molar-refractivity contribution in [2.24, 2.45) is 0 Å². The second-order valence-corrected chi connectivity index (χ2v) is 5.76. The number of methoxy groups -OCH3 is 1. The highest BCUT2D eigenvalue weighted by Gasteiger charge is 2.35. The Morgan fingerprint density at radius 1 is 1.47 bits per heavy atom. The van der Waals surface area contributed by atoms with E-state index in [9.17, 15) is 13.2 Å². The second-order valence-electron chi connectivity index (χ2n) is 3.26. The quantitative estimate of drug-likeness (QED) is 0.876. The monoisotopic (exact) mass is 278 g/mol. The zero-order valence-electron chi connectivity index (χ0n) is 8.96. The Kier molecular flexibility index (Phi) is 4.50. The van der Waals surface area contributed by atoms with Crippen molar-refractivity contribution in [3.8, 4) is 0 Å². The van der Waals surface area contributed by atoms with Crippen LogP contribution in [0.2, 0.25) is 5.02 Å². The highest BCUT2D eigenvalue weighted by molar-refractivity contribution is 7.93. The van der Waals surface area contributed by atoms with Crippen molar-refractivity contribution in [3.05, 3.63) is 29.3 Å². The normalized spacial score (nSPS) is 13.3. The summed E-state index contributed by atoms with van der Waals surface area (Å²) in [6.07, 6.45) is 0. The lowest BCUT2D eigenvalue weighted by atomic mass is 10.4. The van der Waals surface area contributed by atoms with E-state index < -0.39 is 27.7 Å². The van der Waals surface area contributed by atoms with Crippen molar-refractivity contribution in [2.75, 3.05) is 13.7 Å². The highest BCUT2D eigenvalue weighted by Crippen LogP contribution is 2.24. The Morgan fingerprint density at radius 3 is 2.53 bits per heavy atom. The van der Waals surface area contributed by atoms with Crippen LogP contribution in [0.3, 0.4) is 0 Å². The minimum Gasteiger partial charge on any atom is -0.480 e. The molecule has 0 aromatic heterocycles. The number of carbonyl (C=O) groups is 1. The van der Waals surface area contributed by atoms with E-state index in [1.807, 2.05) is 0 Å². The molecule has 0 heterocycles. The number of ether oxygens (including phenoxy) is 1. The lowest BCUT2D eigenvalue weighted by Crippen LogP contribution is -2.34. The number of benzene rings is 1. The van der Waals surface area contributed by atoms with E-state index in [-0.39, 0.29) is 9.92 Å². The van der Waals surface area contributed by atoms with Crippen LogP contribution >= 0.6 is 11.6 Å². The fourth-order valence-electron chi connectivity index (χ4n) is 1.27. The molecule has 0 amide bonds. The van der Waals surface area contributed by atoms with E-state index in [4.69, 9.17) is 16.7 Å². The number of aliphatic carboxylic acids is 1. The predicted molar refractivity (Wildman–Crippen MR) is 61.9 cm³/mol. The predicted octanol–water partition coefficient (Wildman–Crippen LogP) is 1.21. The van der Waals surface area contributed by atoms with Crippen molar-refractivity contribution < 1.29 is 23.1 Å². The summed E-state index contributed by atoms with van der Waals surface area (Å²) >= 11 is 5.74. The first-order valence-electron chi connectivity index (χ1n) is 4.61. The van der Waals surface area contributed by atoms with Gasteiger partial charge < -0.3 is 9.84 Å². The maximum atomic E-state index is 12.0. The smallest absolute Gasteiger partial charge is 0.324 e. The molecule has 5 nitrogen and oxygen atoms in total. The van der Waals surface area contributed by atoms with E-state index in [0.29, 0.717) is 0 Å². The Labute approximate surface area is 104 Å². The van der Waals surface area contributed by atoms with Crippen LogP contribution in [0.5, 0.6) is 0 Å². The number of sulfone groups is 1. The third kappa shape index (κ3) is 2.96. The van der Waals surface area contributed by atoms with E-state index in [2.05, 4.69) is 4.74 Å². The van der Waals surface area contributed by atoms with Crippen molar-refractivity contribution >= 4 is 27.4 Å². The Balaban J connectivity index is 3.27. The maximum absolute atomic E-state index is 12.0. The summed E-state index contributed by atoms with van der Waals surface area (Å²) in [6, 6.07) is 5.70. The minimum atomic E-state index is -4.05. The molecule has 1 unspecified atom stereocenters. The summed E-state index contributed by atoms with van der Waals surface area (Å²) in [6.45, 7) is -0.428. The molecule has 0 aliphatic carbocycles. The van der Waals surface area contributed by atoms with Gasteiger partial charge in [-0.05, 0) is 12.1 Å². The first kappa shape index (κ1) is 14.0. The van der Waals surface area contributed by atoms with Crippen LogP contribution in [0.25, 0.3) is 0 Å². The van der Waals surface area contributed by atoms with Gasteiger partial charge in [0.15, 0.2) is 15.1 Å². The van der Waals surface area contributed by atoms with Gasteiger partial charge in [0.25, 0.3) is 0 Å². The topological polar surface area (TPSA) is 80.7 Å². The Bertz CT molecular complexity index is 511. The fraction of sp³-hybridized carbons (Fsp3) is 0.300. The van der Waals surface area contributed by atoms with Gasteiger partial charge in [0.2, 0.25) is 0 Å². The van der Waals surface area contributed by atoms with E-state index >= 15 is 0 Å². The molecule has 0 saturated heterocycles. The van der Waals surface area contributed by atoms with E-state index in [0.717, 1.165) is 0 Å². The SMILES string of the molecule is COCC(C(=O)O)S(=O)(=O)c1ccccc1Cl. The lowest BCUT2D eigenvalue weighted by Gasteiger charge is -2.13. The number of rotatable bonds is 5. The molecule has 7 heteroatoms. The van der Waals surface area contributed by atoms with E-state index in [1.165, 1.54) is 25.3 Å².